The summed E-state index contributed by atoms with van der Waals surface area (Å²) in [6.07, 6.45) is 2.61. The maximum Gasteiger partial charge on any atom is 0.269 e. The Balaban J connectivity index is 1.44. The van der Waals surface area contributed by atoms with Crippen molar-refractivity contribution < 1.29 is 14.3 Å². The summed E-state index contributed by atoms with van der Waals surface area (Å²) in [5.74, 6) is 1.26. The molecular weight excluding hydrogens is 398 g/mol. The highest BCUT2D eigenvalue weighted by molar-refractivity contribution is 7.15. The summed E-state index contributed by atoms with van der Waals surface area (Å²) >= 11 is 1.46. The Morgan fingerprint density at radius 2 is 1.87 bits per heavy atom. The maximum atomic E-state index is 12.7. The van der Waals surface area contributed by atoms with Gasteiger partial charge in [-0.2, -0.15) is 0 Å². The van der Waals surface area contributed by atoms with Crippen molar-refractivity contribution in [3.63, 3.8) is 0 Å². The molecule has 7 heteroatoms. The van der Waals surface area contributed by atoms with Crippen LogP contribution in [-0.4, -0.2) is 36.1 Å². The van der Waals surface area contributed by atoms with E-state index in [0.717, 1.165) is 21.8 Å². The lowest BCUT2D eigenvalue weighted by Gasteiger charge is -2.10. The minimum absolute atomic E-state index is 0.116. The van der Waals surface area contributed by atoms with E-state index < -0.39 is 0 Å². The first-order chi connectivity index (χ1) is 14.6. The fraction of sp³-hybridized carbons (Fsp3) is 0.217. The van der Waals surface area contributed by atoms with Gasteiger partial charge in [0, 0.05) is 23.7 Å². The highest BCUT2D eigenvalue weighted by Crippen LogP contribution is 2.28. The number of amides is 1. The van der Waals surface area contributed by atoms with Gasteiger partial charge in [0.2, 0.25) is 0 Å². The van der Waals surface area contributed by atoms with E-state index in [-0.39, 0.29) is 5.91 Å². The van der Waals surface area contributed by atoms with E-state index in [0.29, 0.717) is 30.2 Å². The van der Waals surface area contributed by atoms with Crippen LogP contribution in [-0.2, 0) is 6.42 Å². The van der Waals surface area contributed by atoms with Gasteiger partial charge in [-0.3, -0.25) is 9.20 Å². The zero-order valence-electron chi connectivity index (χ0n) is 17.1. The number of hydrogen-bond donors (Lipinski definition) is 1. The van der Waals surface area contributed by atoms with E-state index in [4.69, 9.17) is 9.47 Å². The first kappa shape index (κ1) is 20.0. The van der Waals surface area contributed by atoms with Crippen molar-refractivity contribution in [3.05, 3.63) is 70.9 Å². The minimum Gasteiger partial charge on any atom is -0.493 e. The topological polar surface area (TPSA) is 64.9 Å². The molecule has 1 amide bonds. The van der Waals surface area contributed by atoms with E-state index in [1.807, 2.05) is 46.3 Å². The normalized spacial score (nSPS) is 10.9. The molecule has 30 heavy (non-hydrogen) atoms. The number of benzene rings is 2. The molecule has 0 spiro atoms. The molecule has 154 valence electrons. The number of nitrogens with one attached hydrogen (secondary N) is 1. The summed E-state index contributed by atoms with van der Waals surface area (Å²) in [4.78, 5) is 18.2. The molecule has 0 saturated heterocycles. The highest BCUT2D eigenvalue weighted by Gasteiger charge is 2.15. The monoisotopic (exact) mass is 421 g/mol. The summed E-state index contributed by atoms with van der Waals surface area (Å²) in [6.45, 7) is 2.57. The van der Waals surface area contributed by atoms with Crippen molar-refractivity contribution in [2.45, 2.75) is 13.3 Å². The lowest BCUT2D eigenvalue weighted by molar-refractivity contribution is 0.0948. The molecule has 0 aliphatic carbocycles. The van der Waals surface area contributed by atoms with Crippen molar-refractivity contribution >= 4 is 22.2 Å². The molecule has 4 aromatic rings. The van der Waals surface area contributed by atoms with Crippen molar-refractivity contribution in [2.75, 3.05) is 20.8 Å². The second-order valence-electron chi connectivity index (χ2n) is 6.96. The number of carbonyl (C=O) groups excluding carboxylic acids is 1. The fourth-order valence-electron chi connectivity index (χ4n) is 3.26. The summed E-state index contributed by atoms with van der Waals surface area (Å²) < 4.78 is 12.4. The van der Waals surface area contributed by atoms with E-state index in [2.05, 4.69) is 29.4 Å². The molecule has 2 aromatic heterocycles. The quantitative estimate of drug-likeness (QED) is 0.482. The molecule has 0 atom stereocenters. The highest BCUT2D eigenvalue weighted by atomic mass is 32.1. The Bertz CT molecular complexity index is 1180. The molecule has 2 heterocycles. The van der Waals surface area contributed by atoms with Crippen molar-refractivity contribution in [2.24, 2.45) is 0 Å². The smallest absolute Gasteiger partial charge is 0.269 e. The van der Waals surface area contributed by atoms with Gasteiger partial charge in [-0.05, 0) is 31.0 Å². The number of thiazole rings is 1. The van der Waals surface area contributed by atoms with Crippen LogP contribution in [0.15, 0.2) is 54.0 Å². The third kappa shape index (κ3) is 4.02. The number of carbonyl (C=O) groups is 1. The predicted octanol–water partition coefficient (Wildman–Crippen LogP) is 4.36. The van der Waals surface area contributed by atoms with E-state index in [1.165, 1.54) is 16.9 Å². The van der Waals surface area contributed by atoms with E-state index in [1.54, 1.807) is 14.2 Å². The Morgan fingerprint density at radius 1 is 1.10 bits per heavy atom. The second-order valence-corrected chi connectivity index (χ2v) is 7.80. The predicted molar refractivity (Wildman–Crippen MR) is 119 cm³/mol. The van der Waals surface area contributed by atoms with Gasteiger partial charge in [0.05, 0.1) is 19.9 Å². The number of methoxy groups -OCH3 is 2. The minimum atomic E-state index is -0.116. The lowest BCUT2D eigenvalue weighted by atomic mass is 10.1. The third-order valence-corrected chi connectivity index (χ3v) is 5.78. The number of imidazole rings is 1. The Hall–Kier alpha value is -3.32. The summed E-state index contributed by atoms with van der Waals surface area (Å²) in [7, 11) is 3.22. The number of ether oxygens (including phenoxy) is 2. The molecule has 0 bridgehead atoms. The van der Waals surface area contributed by atoms with Crippen LogP contribution >= 0.6 is 11.3 Å². The Morgan fingerprint density at radius 3 is 2.60 bits per heavy atom. The van der Waals surface area contributed by atoms with Gasteiger partial charge >= 0.3 is 0 Å². The van der Waals surface area contributed by atoms with Crippen LogP contribution in [0.2, 0.25) is 0 Å². The standard InChI is InChI=1S/C23H23N3O3S/c1-15-4-7-17(8-5-15)18-13-26-19(14-30-23(26)25-18)22(27)24-11-10-16-6-9-20(28-2)21(12-16)29-3/h4-9,12-14H,10-11H2,1-3H3,(H,24,27). The van der Waals surface area contributed by atoms with Crippen LogP contribution < -0.4 is 14.8 Å². The molecule has 4 rings (SSSR count). The average Bonchev–Trinajstić information content (AvgIpc) is 3.35. The lowest BCUT2D eigenvalue weighted by Crippen LogP contribution is -2.26. The van der Waals surface area contributed by atoms with Gasteiger partial charge in [-0.1, -0.05) is 35.9 Å². The number of nitrogens with zero attached hydrogens (tertiary/aromatic N) is 2. The molecular formula is C23H23N3O3S. The molecule has 6 nitrogen and oxygen atoms in total. The van der Waals surface area contributed by atoms with Crippen LogP contribution in [0.5, 0.6) is 11.5 Å². The first-order valence-electron chi connectivity index (χ1n) is 9.62. The Labute approximate surface area is 179 Å². The van der Waals surface area contributed by atoms with Crippen LogP contribution in [0.1, 0.15) is 21.6 Å². The van der Waals surface area contributed by atoms with Gasteiger partial charge in [-0.25, -0.2) is 4.98 Å². The molecule has 0 aliphatic rings. The molecule has 0 aliphatic heterocycles. The number of fused-ring (bicyclic) bond motifs is 1. The summed E-state index contributed by atoms with van der Waals surface area (Å²) in [5, 5.41) is 4.84. The molecule has 0 saturated carbocycles. The number of rotatable bonds is 7. The molecule has 0 fully saturated rings. The molecule has 2 aromatic carbocycles. The molecule has 1 N–H and O–H groups in total. The zero-order valence-corrected chi connectivity index (χ0v) is 18.0. The second kappa shape index (κ2) is 8.59. The fourth-order valence-corrected chi connectivity index (χ4v) is 4.11. The van der Waals surface area contributed by atoms with Crippen LogP contribution in [0.4, 0.5) is 0 Å². The molecule has 0 radical (unpaired) electrons. The SMILES string of the molecule is COc1ccc(CCNC(=O)c2csc3nc(-c4ccc(C)cc4)cn23)cc1OC. The van der Waals surface area contributed by atoms with Gasteiger partial charge < -0.3 is 14.8 Å². The van der Waals surface area contributed by atoms with Gasteiger partial charge in [-0.15, -0.1) is 11.3 Å². The van der Waals surface area contributed by atoms with Gasteiger partial charge in [0.1, 0.15) is 5.69 Å². The first-order valence-corrected chi connectivity index (χ1v) is 10.5. The van der Waals surface area contributed by atoms with E-state index in [9.17, 15) is 4.79 Å². The largest absolute Gasteiger partial charge is 0.493 e. The summed E-state index contributed by atoms with van der Waals surface area (Å²) in [6, 6.07) is 14.0. The van der Waals surface area contributed by atoms with Crippen molar-refractivity contribution in [1.29, 1.82) is 0 Å². The average molecular weight is 422 g/mol. The maximum absolute atomic E-state index is 12.7. The zero-order chi connectivity index (χ0) is 21.1. The van der Waals surface area contributed by atoms with Crippen molar-refractivity contribution in [1.82, 2.24) is 14.7 Å². The number of aryl methyl sites for hydroxylation is 1. The third-order valence-electron chi connectivity index (χ3n) is 4.94. The van der Waals surface area contributed by atoms with Crippen LogP contribution in [0.3, 0.4) is 0 Å². The Kier molecular flexibility index (Phi) is 5.72. The van der Waals surface area contributed by atoms with E-state index >= 15 is 0 Å². The number of hydrogen-bond acceptors (Lipinski definition) is 5. The van der Waals surface area contributed by atoms with Gasteiger partial charge in [0.25, 0.3) is 5.91 Å². The molecule has 0 unspecified atom stereocenters. The summed E-state index contributed by atoms with van der Waals surface area (Å²) in [5.41, 5.74) is 4.76. The van der Waals surface area contributed by atoms with Crippen LogP contribution in [0, 0.1) is 6.92 Å². The van der Waals surface area contributed by atoms with Crippen LogP contribution in [0.25, 0.3) is 16.2 Å². The number of aromatic nitrogens is 2. The van der Waals surface area contributed by atoms with Gasteiger partial charge in [0.15, 0.2) is 16.5 Å². The van der Waals surface area contributed by atoms with Crippen molar-refractivity contribution in [3.8, 4) is 22.8 Å².